The first-order valence-corrected chi connectivity index (χ1v) is 2.53. The van der Waals surface area contributed by atoms with Gasteiger partial charge in [0.15, 0.2) is 0 Å². The van der Waals surface area contributed by atoms with Crippen molar-refractivity contribution in [1.82, 2.24) is 0 Å². The molecule has 0 bridgehead atoms. The van der Waals surface area contributed by atoms with Crippen LogP contribution in [-0.2, 0) is 19.4 Å². The zero-order valence-corrected chi connectivity index (χ0v) is 17.4. The van der Waals surface area contributed by atoms with Crippen LogP contribution in [0.2, 0.25) is 0 Å². The summed E-state index contributed by atoms with van der Waals surface area (Å²) in [5.74, 6) is -4.34. The molecule has 70 valence electrons. The van der Waals surface area contributed by atoms with E-state index in [1.807, 2.05) is 0 Å². The predicted octanol–water partition coefficient (Wildman–Crippen LogP) is -18.2. The van der Waals surface area contributed by atoms with Gasteiger partial charge in [0.1, 0.15) is 12.2 Å². The molecule has 0 amide bonds. The summed E-state index contributed by atoms with van der Waals surface area (Å²) in [6, 6.07) is 0. The molecule has 0 aliphatic carbocycles. The van der Waals surface area contributed by atoms with Gasteiger partial charge in [0, 0.05) is 0 Å². The Morgan fingerprint density at radius 2 is 0.938 bits per heavy atom. The van der Waals surface area contributed by atoms with Crippen LogP contribution < -0.4 is 139 Å². The van der Waals surface area contributed by atoms with Crippen LogP contribution in [0.5, 0.6) is 0 Å². The maximum absolute atomic E-state index is 9.89. The monoisotopic (exact) mass is 270 g/mol. The molecule has 0 saturated carbocycles. The summed E-state index contributed by atoms with van der Waals surface area (Å²) in [7, 11) is 0. The fourth-order valence-corrected chi connectivity index (χ4v) is 0.427. The molecule has 0 saturated heterocycles. The van der Waals surface area contributed by atoms with E-state index in [2.05, 4.69) is 9.78 Å². The van der Waals surface area contributed by atoms with E-state index in [0.29, 0.717) is 0 Å². The molecule has 0 aromatic rings. The van der Waals surface area contributed by atoms with Crippen LogP contribution in [0.3, 0.4) is 0 Å². The minimum Gasteiger partial charge on any atom is -0.723 e. The Labute approximate surface area is 179 Å². The molecule has 12 heteroatoms. The third kappa shape index (κ3) is 11.8. The van der Waals surface area contributed by atoms with E-state index in [9.17, 15) is 30.3 Å². The number of carboxylic acid groups (broad SMARTS) is 2. The largest absolute Gasteiger partial charge is 1.00 e. The standard InChI is InChI=1S/C4H6O8.4Na/c5-3(6)1(11-9)2(12-10)4(7)8;;;;/h1-2,9-10H,(H,5,6)(H,7,8);;;;/q;4*+1/p-4. The van der Waals surface area contributed by atoms with E-state index >= 15 is 0 Å². The molecule has 0 N–H and O–H groups in total. The summed E-state index contributed by atoms with van der Waals surface area (Å²) in [6.45, 7) is 0. The smallest absolute Gasteiger partial charge is 0.723 e. The van der Waals surface area contributed by atoms with Gasteiger partial charge in [0.25, 0.3) is 0 Å². The van der Waals surface area contributed by atoms with E-state index in [4.69, 9.17) is 0 Å². The second-order valence-electron chi connectivity index (χ2n) is 1.67. The van der Waals surface area contributed by atoms with Gasteiger partial charge in [0.2, 0.25) is 0 Å². The molecule has 0 spiro atoms. The van der Waals surface area contributed by atoms with E-state index in [1.165, 1.54) is 0 Å². The number of carbonyl (C=O) groups excluding carboxylic acids is 2. The van der Waals surface area contributed by atoms with Gasteiger partial charge in [-0.1, -0.05) is 0 Å². The number of carbonyl (C=O) groups is 2. The molecule has 2 unspecified atom stereocenters. The van der Waals surface area contributed by atoms with Crippen molar-refractivity contribution < 1.29 is 158 Å². The van der Waals surface area contributed by atoms with Gasteiger partial charge in [-0.05, 0) is 0 Å². The van der Waals surface area contributed by atoms with Gasteiger partial charge >= 0.3 is 118 Å². The van der Waals surface area contributed by atoms with E-state index in [0.717, 1.165) is 0 Å². The van der Waals surface area contributed by atoms with Gasteiger partial charge in [-0.2, -0.15) is 0 Å². The maximum Gasteiger partial charge on any atom is 1.00 e. The van der Waals surface area contributed by atoms with Gasteiger partial charge in [-0.25, -0.2) is 0 Å². The maximum atomic E-state index is 9.89. The van der Waals surface area contributed by atoms with Crippen LogP contribution >= 0.6 is 0 Å². The zero-order chi connectivity index (χ0) is 9.72. The Morgan fingerprint density at radius 3 is 1.00 bits per heavy atom. The molecule has 0 aliphatic rings. The molecule has 0 aliphatic heterocycles. The molecule has 0 rings (SSSR count). The van der Waals surface area contributed by atoms with Crippen molar-refractivity contribution in [2.75, 3.05) is 0 Å². The minimum absolute atomic E-state index is 0. The number of aliphatic carboxylic acids is 2. The zero-order valence-electron chi connectivity index (χ0n) is 9.42. The summed E-state index contributed by atoms with van der Waals surface area (Å²) < 4.78 is 0. The average Bonchev–Trinajstić information content (AvgIpc) is 1.98. The van der Waals surface area contributed by atoms with E-state index < -0.39 is 24.1 Å². The first-order valence-electron chi connectivity index (χ1n) is 2.53. The second kappa shape index (κ2) is 17.8. The van der Waals surface area contributed by atoms with Crippen molar-refractivity contribution in [2.24, 2.45) is 0 Å². The molecule has 0 aromatic carbocycles. The van der Waals surface area contributed by atoms with Gasteiger partial charge in [-0.15, -0.1) is 0 Å². The second-order valence-corrected chi connectivity index (χ2v) is 1.67. The topological polar surface area (TPSA) is 145 Å². The summed E-state index contributed by atoms with van der Waals surface area (Å²) in [5.41, 5.74) is 0. The van der Waals surface area contributed by atoms with Crippen LogP contribution in [0.1, 0.15) is 0 Å². The number of hydrogen-bond acceptors (Lipinski definition) is 8. The van der Waals surface area contributed by atoms with Crippen LogP contribution in [-0.4, -0.2) is 24.1 Å². The molecule has 0 aromatic heterocycles. The number of carboxylic acids is 2. The Bertz CT molecular complexity index is 169. The van der Waals surface area contributed by atoms with Crippen molar-refractivity contribution in [2.45, 2.75) is 12.2 Å². The molecule has 0 fully saturated rings. The van der Waals surface area contributed by atoms with Gasteiger partial charge in [0.05, 0.1) is 11.9 Å². The Hall–Kier alpha value is 2.78. The third-order valence-corrected chi connectivity index (χ3v) is 0.947. The van der Waals surface area contributed by atoms with Gasteiger partial charge < -0.3 is 40.1 Å². The number of rotatable bonds is 5. The van der Waals surface area contributed by atoms with Crippen molar-refractivity contribution in [3.63, 3.8) is 0 Å². The van der Waals surface area contributed by atoms with Crippen molar-refractivity contribution in [3.05, 3.63) is 0 Å². The SMILES string of the molecule is O=C([O-])C(O[O-])C(O[O-])C(=O)[O-].[Na+].[Na+].[Na+].[Na+]. The van der Waals surface area contributed by atoms with Crippen LogP contribution in [0.25, 0.3) is 0 Å². The summed E-state index contributed by atoms with van der Waals surface area (Å²) in [4.78, 5) is 25.5. The van der Waals surface area contributed by atoms with Crippen molar-refractivity contribution in [3.8, 4) is 0 Å². The molecule has 8 nitrogen and oxygen atoms in total. The summed E-state index contributed by atoms with van der Waals surface area (Å²) >= 11 is 0. The van der Waals surface area contributed by atoms with Crippen LogP contribution in [0, 0.1) is 0 Å². The molecule has 0 radical (unpaired) electrons. The Balaban J connectivity index is -0.000000101. The third-order valence-electron chi connectivity index (χ3n) is 0.947. The molecular weight excluding hydrogens is 268 g/mol. The average molecular weight is 270 g/mol. The van der Waals surface area contributed by atoms with Gasteiger partial charge in [-0.3, -0.25) is 0 Å². The van der Waals surface area contributed by atoms with Crippen LogP contribution in [0.4, 0.5) is 0 Å². The first-order chi connectivity index (χ1) is 5.54. The fraction of sp³-hybridized carbons (Fsp3) is 0.500. The van der Waals surface area contributed by atoms with Crippen molar-refractivity contribution in [1.29, 1.82) is 0 Å². The van der Waals surface area contributed by atoms with E-state index in [-0.39, 0.29) is 118 Å². The summed E-state index contributed by atoms with van der Waals surface area (Å²) in [6.07, 6.45) is -5.04. The predicted molar refractivity (Wildman–Crippen MR) is 19.8 cm³/mol. The Kier molecular flexibility index (Phi) is 34.7. The van der Waals surface area contributed by atoms with E-state index in [1.54, 1.807) is 0 Å². The van der Waals surface area contributed by atoms with Crippen molar-refractivity contribution >= 4 is 11.9 Å². The quantitative estimate of drug-likeness (QED) is 0.272. The normalized spacial score (nSPS) is 11.4. The van der Waals surface area contributed by atoms with Crippen LogP contribution in [0.15, 0.2) is 0 Å². The first kappa shape index (κ1) is 31.3. The minimum atomic E-state index is -2.52. The molecule has 0 heterocycles. The fourth-order valence-electron chi connectivity index (χ4n) is 0.427. The Morgan fingerprint density at radius 1 is 0.750 bits per heavy atom. The summed E-state index contributed by atoms with van der Waals surface area (Å²) in [5, 5.41) is 38.9. The molecular formula is C4H2Na4O8. The molecule has 2 atom stereocenters. The number of hydrogen-bond donors (Lipinski definition) is 0. The molecule has 16 heavy (non-hydrogen) atoms.